The van der Waals surface area contributed by atoms with Crippen LogP contribution in [0.4, 0.5) is 5.69 Å². The van der Waals surface area contributed by atoms with E-state index in [0.29, 0.717) is 5.75 Å². The Kier molecular flexibility index (Phi) is 2.63. The lowest BCUT2D eigenvalue weighted by Gasteiger charge is -2.21. The molecule has 0 radical (unpaired) electrons. The Balaban J connectivity index is 1.74. The molecule has 18 heavy (non-hydrogen) atoms. The van der Waals surface area contributed by atoms with Gasteiger partial charge in [-0.1, -0.05) is 0 Å². The molecule has 5 heteroatoms. The molecule has 1 unspecified atom stereocenters. The molecule has 1 amide bonds. The standard InChI is InChI=1S/C13H16N2O3/c1-13(4-5-14-7-13)12(16)15-9-2-3-10-11(6-9)18-8-17-10/h2-3,6,14H,4-5,7-8H2,1H3,(H,15,16). The van der Waals surface area contributed by atoms with Crippen molar-refractivity contribution in [2.24, 2.45) is 5.41 Å². The summed E-state index contributed by atoms with van der Waals surface area (Å²) >= 11 is 0. The van der Waals surface area contributed by atoms with Crippen LogP contribution >= 0.6 is 0 Å². The summed E-state index contributed by atoms with van der Waals surface area (Å²) < 4.78 is 10.5. The van der Waals surface area contributed by atoms with Gasteiger partial charge < -0.3 is 20.1 Å². The van der Waals surface area contributed by atoms with Crippen molar-refractivity contribution in [3.63, 3.8) is 0 Å². The van der Waals surface area contributed by atoms with Gasteiger partial charge in [-0.05, 0) is 32.0 Å². The first-order valence-corrected chi connectivity index (χ1v) is 6.09. The third-order valence-corrected chi connectivity index (χ3v) is 3.55. The van der Waals surface area contributed by atoms with Crippen molar-refractivity contribution in [2.45, 2.75) is 13.3 Å². The molecule has 0 aromatic heterocycles. The molecule has 5 nitrogen and oxygen atoms in total. The van der Waals surface area contributed by atoms with E-state index in [0.717, 1.165) is 30.9 Å². The van der Waals surface area contributed by atoms with Crippen LogP contribution < -0.4 is 20.1 Å². The molecule has 1 aromatic carbocycles. The van der Waals surface area contributed by atoms with E-state index >= 15 is 0 Å². The number of hydrogen-bond donors (Lipinski definition) is 2. The Morgan fingerprint density at radius 3 is 3.00 bits per heavy atom. The molecule has 2 aliphatic rings. The van der Waals surface area contributed by atoms with Crippen LogP contribution in [-0.4, -0.2) is 25.8 Å². The maximum atomic E-state index is 12.2. The van der Waals surface area contributed by atoms with Gasteiger partial charge in [-0.3, -0.25) is 4.79 Å². The summed E-state index contributed by atoms with van der Waals surface area (Å²) in [6.07, 6.45) is 0.864. The lowest BCUT2D eigenvalue weighted by Crippen LogP contribution is -2.35. The topological polar surface area (TPSA) is 59.6 Å². The molecule has 0 bridgehead atoms. The van der Waals surface area contributed by atoms with Crippen molar-refractivity contribution in [3.8, 4) is 11.5 Å². The van der Waals surface area contributed by atoms with Crippen LogP contribution in [0.15, 0.2) is 18.2 Å². The molecular weight excluding hydrogens is 232 g/mol. The fourth-order valence-electron chi connectivity index (χ4n) is 2.27. The quantitative estimate of drug-likeness (QED) is 0.829. The summed E-state index contributed by atoms with van der Waals surface area (Å²) in [7, 11) is 0. The first-order valence-electron chi connectivity index (χ1n) is 6.09. The summed E-state index contributed by atoms with van der Waals surface area (Å²) in [5.74, 6) is 1.45. The maximum Gasteiger partial charge on any atom is 0.231 e. The largest absolute Gasteiger partial charge is 0.454 e. The van der Waals surface area contributed by atoms with E-state index in [1.54, 1.807) is 6.07 Å². The molecule has 96 valence electrons. The number of anilines is 1. The molecule has 3 rings (SSSR count). The number of fused-ring (bicyclic) bond motifs is 1. The van der Waals surface area contributed by atoms with Gasteiger partial charge in [-0.15, -0.1) is 0 Å². The molecule has 1 fully saturated rings. The van der Waals surface area contributed by atoms with Gasteiger partial charge in [0.1, 0.15) is 0 Å². The summed E-state index contributed by atoms with van der Waals surface area (Å²) in [6.45, 7) is 3.85. The third kappa shape index (κ3) is 1.90. The monoisotopic (exact) mass is 248 g/mol. The van der Waals surface area contributed by atoms with Gasteiger partial charge in [0.25, 0.3) is 0 Å². The van der Waals surface area contributed by atoms with Gasteiger partial charge in [-0.2, -0.15) is 0 Å². The van der Waals surface area contributed by atoms with E-state index < -0.39 is 0 Å². The molecule has 0 spiro atoms. The number of carbonyl (C=O) groups is 1. The Labute approximate surface area is 105 Å². The van der Waals surface area contributed by atoms with E-state index in [1.165, 1.54) is 0 Å². The summed E-state index contributed by atoms with van der Waals surface area (Å²) in [5.41, 5.74) is 0.425. The highest BCUT2D eigenvalue weighted by Crippen LogP contribution is 2.35. The smallest absolute Gasteiger partial charge is 0.231 e. The minimum atomic E-state index is -0.323. The molecule has 0 saturated carbocycles. The van der Waals surface area contributed by atoms with Crippen LogP contribution in [0.25, 0.3) is 0 Å². The number of rotatable bonds is 2. The van der Waals surface area contributed by atoms with Crippen LogP contribution in [-0.2, 0) is 4.79 Å². The average molecular weight is 248 g/mol. The fourth-order valence-corrected chi connectivity index (χ4v) is 2.27. The highest BCUT2D eigenvalue weighted by atomic mass is 16.7. The van der Waals surface area contributed by atoms with Crippen molar-refractivity contribution in [1.29, 1.82) is 0 Å². The average Bonchev–Trinajstić information content (AvgIpc) is 2.98. The van der Waals surface area contributed by atoms with Gasteiger partial charge in [0, 0.05) is 18.3 Å². The number of ether oxygens (including phenoxy) is 2. The fraction of sp³-hybridized carbons (Fsp3) is 0.462. The Morgan fingerprint density at radius 1 is 1.39 bits per heavy atom. The Bertz CT molecular complexity index is 481. The van der Waals surface area contributed by atoms with Crippen molar-refractivity contribution < 1.29 is 14.3 Å². The SMILES string of the molecule is CC1(C(=O)Nc2ccc3c(c2)OCO3)CCNC1. The molecule has 2 N–H and O–H groups in total. The molecule has 1 saturated heterocycles. The van der Waals surface area contributed by atoms with Crippen LogP contribution in [0.3, 0.4) is 0 Å². The van der Waals surface area contributed by atoms with Crippen molar-refractivity contribution in [2.75, 3.05) is 25.2 Å². The molecule has 0 aliphatic carbocycles. The predicted molar refractivity (Wildman–Crippen MR) is 66.8 cm³/mol. The van der Waals surface area contributed by atoms with E-state index in [4.69, 9.17) is 9.47 Å². The second-order valence-electron chi connectivity index (χ2n) is 5.01. The zero-order valence-corrected chi connectivity index (χ0v) is 10.3. The zero-order chi connectivity index (χ0) is 12.6. The number of nitrogens with one attached hydrogen (secondary N) is 2. The molecule has 2 aliphatic heterocycles. The lowest BCUT2D eigenvalue weighted by atomic mass is 9.89. The Hall–Kier alpha value is -1.75. The number of amides is 1. The van der Waals surface area contributed by atoms with Crippen LogP contribution in [0, 0.1) is 5.41 Å². The van der Waals surface area contributed by atoms with Gasteiger partial charge in [-0.25, -0.2) is 0 Å². The normalized spacial score (nSPS) is 25.2. The number of benzene rings is 1. The number of carbonyl (C=O) groups excluding carboxylic acids is 1. The highest BCUT2D eigenvalue weighted by Gasteiger charge is 2.36. The lowest BCUT2D eigenvalue weighted by molar-refractivity contribution is -0.123. The maximum absolute atomic E-state index is 12.2. The zero-order valence-electron chi connectivity index (χ0n) is 10.3. The van der Waals surface area contributed by atoms with Crippen LogP contribution in [0.2, 0.25) is 0 Å². The highest BCUT2D eigenvalue weighted by molar-refractivity contribution is 5.95. The summed E-state index contributed by atoms with van der Waals surface area (Å²) in [4.78, 5) is 12.2. The van der Waals surface area contributed by atoms with Crippen molar-refractivity contribution in [3.05, 3.63) is 18.2 Å². The first-order chi connectivity index (χ1) is 8.67. The molecular formula is C13H16N2O3. The van der Waals surface area contributed by atoms with Crippen LogP contribution in [0.1, 0.15) is 13.3 Å². The summed E-state index contributed by atoms with van der Waals surface area (Å²) in [6, 6.07) is 5.44. The first kappa shape index (κ1) is 11.3. The van der Waals surface area contributed by atoms with E-state index in [9.17, 15) is 4.79 Å². The second kappa shape index (κ2) is 4.17. The van der Waals surface area contributed by atoms with Gasteiger partial charge in [0.05, 0.1) is 5.41 Å². The predicted octanol–water partition coefficient (Wildman–Crippen LogP) is 1.35. The minimum absolute atomic E-state index is 0.0476. The van der Waals surface area contributed by atoms with E-state index in [2.05, 4.69) is 10.6 Å². The second-order valence-corrected chi connectivity index (χ2v) is 5.01. The number of hydrogen-bond acceptors (Lipinski definition) is 4. The van der Waals surface area contributed by atoms with E-state index in [-0.39, 0.29) is 18.1 Å². The molecule has 1 atom stereocenters. The molecule has 1 aromatic rings. The van der Waals surface area contributed by atoms with Gasteiger partial charge in [0.15, 0.2) is 11.5 Å². The minimum Gasteiger partial charge on any atom is -0.454 e. The Morgan fingerprint density at radius 2 is 2.22 bits per heavy atom. The van der Waals surface area contributed by atoms with Gasteiger partial charge in [0.2, 0.25) is 12.7 Å². The van der Waals surface area contributed by atoms with Crippen molar-refractivity contribution >= 4 is 11.6 Å². The van der Waals surface area contributed by atoms with Crippen molar-refractivity contribution in [1.82, 2.24) is 5.32 Å². The third-order valence-electron chi connectivity index (χ3n) is 3.55. The van der Waals surface area contributed by atoms with Crippen LogP contribution in [0.5, 0.6) is 11.5 Å². The van der Waals surface area contributed by atoms with Gasteiger partial charge >= 0.3 is 0 Å². The van der Waals surface area contributed by atoms with E-state index in [1.807, 2.05) is 19.1 Å². The molecule has 2 heterocycles. The summed E-state index contributed by atoms with van der Waals surface area (Å²) in [5, 5.41) is 6.16.